The van der Waals surface area contributed by atoms with Crippen LogP contribution in [0.1, 0.15) is 27.2 Å². The van der Waals surface area contributed by atoms with Crippen LogP contribution in [-0.2, 0) is 4.79 Å². The molecule has 0 saturated heterocycles. The number of hydrogen-bond acceptors (Lipinski definition) is 3. The molecular formula is C9H20N2O2. The predicted octanol–water partition coefficient (Wildman–Crippen LogP) is 0.423. The molecule has 2 atom stereocenters. The van der Waals surface area contributed by atoms with E-state index in [-0.39, 0.29) is 11.5 Å². The first-order valence-corrected chi connectivity index (χ1v) is 4.44. The molecular weight excluding hydrogens is 168 g/mol. The van der Waals surface area contributed by atoms with Gasteiger partial charge in [0.15, 0.2) is 0 Å². The molecule has 0 rings (SSSR count). The lowest BCUT2D eigenvalue weighted by atomic mass is 9.83. The van der Waals surface area contributed by atoms with Crippen LogP contribution >= 0.6 is 0 Å². The Hall–Kier alpha value is -0.610. The van der Waals surface area contributed by atoms with Crippen LogP contribution in [0.3, 0.4) is 0 Å². The second-order valence-corrected chi connectivity index (χ2v) is 4.39. The minimum Gasteiger partial charge on any atom is -0.480 e. The van der Waals surface area contributed by atoms with Crippen molar-refractivity contribution in [2.45, 2.75) is 39.3 Å². The van der Waals surface area contributed by atoms with Crippen LogP contribution in [0.15, 0.2) is 0 Å². The summed E-state index contributed by atoms with van der Waals surface area (Å²) in [6, 6.07) is -0.657. The summed E-state index contributed by atoms with van der Waals surface area (Å²) in [4.78, 5) is 10.5. The summed E-state index contributed by atoms with van der Waals surface area (Å²) < 4.78 is 0. The Morgan fingerprint density at radius 3 is 2.23 bits per heavy atom. The first-order chi connectivity index (χ1) is 5.79. The molecule has 2 unspecified atom stereocenters. The molecule has 0 aliphatic rings. The van der Waals surface area contributed by atoms with Crippen LogP contribution in [-0.4, -0.2) is 30.2 Å². The maximum absolute atomic E-state index is 10.5. The zero-order chi connectivity index (χ0) is 10.6. The molecule has 0 aromatic carbocycles. The van der Waals surface area contributed by atoms with Gasteiger partial charge < -0.3 is 16.2 Å². The zero-order valence-corrected chi connectivity index (χ0v) is 8.79. The minimum atomic E-state index is -0.940. The van der Waals surface area contributed by atoms with E-state index in [0.717, 1.165) is 0 Å². The lowest BCUT2D eigenvalue weighted by molar-refractivity contribution is -0.138. The van der Waals surface area contributed by atoms with Crippen LogP contribution < -0.4 is 11.1 Å². The maximum Gasteiger partial charge on any atom is 0.320 e. The number of aliphatic carboxylic acids is 1. The molecule has 78 valence electrons. The molecule has 0 aromatic rings. The highest BCUT2D eigenvalue weighted by molar-refractivity contribution is 5.73. The van der Waals surface area contributed by atoms with Crippen molar-refractivity contribution in [2.24, 2.45) is 11.1 Å². The Balaban J connectivity index is 4.22. The Kier molecular flexibility index (Phi) is 4.36. The van der Waals surface area contributed by atoms with E-state index in [9.17, 15) is 4.79 Å². The third-order valence-electron chi connectivity index (χ3n) is 2.20. The van der Waals surface area contributed by atoms with E-state index < -0.39 is 12.0 Å². The van der Waals surface area contributed by atoms with Gasteiger partial charge >= 0.3 is 5.97 Å². The normalized spacial score (nSPS) is 16.7. The minimum absolute atomic E-state index is 0.0296. The molecule has 0 bridgehead atoms. The van der Waals surface area contributed by atoms with E-state index in [1.807, 2.05) is 7.05 Å². The van der Waals surface area contributed by atoms with E-state index in [4.69, 9.17) is 10.8 Å². The van der Waals surface area contributed by atoms with E-state index in [1.165, 1.54) is 0 Å². The van der Waals surface area contributed by atoms with Gasteiger partial charge in [-0.05, 0) is 18.9 Å². The second-order valence-electron chi connectivity index (χ2n) is 4.39. The summed E-state index contributed by atoms with van der Waals surface area (Å²) in [6.07, 6.45) is 0.454. The molecule has 4 N–H and O–H groups in total. The average Bonchev–Trinajstić information content (AvgIpc) is 1.96. The zero-order valence-electron chi connectivity index (χ0n) is 8.79. The topological polar surface area (TPSA) is 75.3 Å². The number of nitrogens with one attached hydrogen (secondary N) is 1. The van der Waals surface area contributed by atoms with Gasteiger partial charge in [0.1, 0.15) is 6.04 Å². The molecule has 0 aromatic heterocycles. The van der Waals surface area contributed by atoms with Gasteiger partial charge in [-0.25, -0.2) is 0 Å². The van der Waals surface area contributed by atoms with Crippen molar-refractivity contribution in [3.8, 4) is 0 Å². The first kappa shape index (κ1) is 12.4. The van der Waals surface area contributed by atoms with Gasteiger partial charge in [-0.15, -0.1) is 0 Å². The van der Waals surface area contributed by atoms with Crippen molar-refractivity contribution in [3.63, 3.8) is 0 Å². The summed E-state index contributed by atoms with van der Waals surface area (Å²) >= 11 is 0. The van der Waals surface area contributed by atoms with Crippen LogP contribution in [0.2, 0.25) is 0 Å². The Bertz CT molecular complexity index is 175. The number of carbonyl (C=O) groups is 1. The average molecular weight is 188 g/mol. The monoisotopic (exact) mass is 188 g/mol. The number of nitrogens with two attached hydrogens (primary N) is 1. The van der Waals surface area contributed by atoms with Gasteiger partial charge in [0.25, 0.3) is 0 Å². The largest absolute Gasteiger partial charge is 0.480 e. The number of hydrogen-bond donors (Lipinski definition) is 3. The molecule has 0 aliphatic carbocycles. The molecule has 4 nitrogen and oxygen atoms in total. The van der Waals surface area contributed by atoms with Crippen molar-refractivity contribution >= 4 is 5.97 Å². The van der Waals surface area contributed by atoms with Gasteiger partial charge in [-0.1, -0.05) is 20.8 Å². The standard InChI is InChI=1S/C9H20N2O2/c1-9(2,3)7(11-4)5-6(10)8(12)13/h6-7,11H,5,10H2,1-4H3,(H,12,13). The van der Waals surface area contributed by atoms with Gasteiger partial charge in [0, 0.05) is 6.04 Å². The van der Waals surface area contributed by atoms with Crippen LogP contribution in [0, 0.1) is 5.41 Å². The van der Waals surface area contributed by atoms with E-state index in [0.29, 0.717) is 6.42 Å². The highest BCUT2D eigenvalue weighted by Crippen LogP contribution is 2.22. The SMILES string of the molecule is CNC(CC(N)C(=O)O)C(C)(C)C. The fraction of sp³-hybridized carbons (Fsp3) is 0.889. The quantitative estimate of drug-likeness (QED) is 0.598. The van der Waals surface area contributed by atoms with Gasteiger partial charge in [-0.2, -0.15) is 0 Å². The molecule has 0 saturated carbocycles. The van der Waals surface area contributed by atoms with Gasteiger partial charge in [0.2, 0.25) is 0 Å². The second kappa shape index (κ2) is 4.58. The number of carboxylic acid groups (broad SMARTS) is 1. The van der Waals surface area contributed by atoms with Crippen molar-refractivity contribution in [2.75, 3.05) is 7.05 Å². The summed E-state index contributed by atoms with van der Waals surface area (Å²) in [5.74, 6) is -0.940. The highest BCUT2D eigenvalue weighted by Gasteiger charge is 2.27. The number of carboxylic acids is 1. The fourth-order valence-corrected chi connectivity index (χ4v) is 1.26. The third-order valence-corrected chi connectivity index (χ3v) is 2.20. The molecule has 0 fully saturated rings. The maximum atomic E-state index is 10.5. The molecule has 0 heterocycles. The molecule has 4 heteroatoms. The Morgan fingerprint density at radius 1 is 1.54 bits per heavy atom. The number of rotatable bonds is 4. The summed E-state index contributed by atoms with van der Waals surface area (Å²) in [5.41, 5.74) is 5.48. The molecule has 0 spiro atoms. The molecule has 0 radical (unpaired) electrons. The van der Waals surface area contributed by atoms with Crippen molar-refractivity contribution in [1.82, 2.24) is 5.32 Å². The molecule has 0 amide bonds. The lowest BCUT2D eigenvalue weighted by Gasteiger charge is -2.31. The fourth-order valence-electron chi connectivity index (χ4n) is 1.26. The van der Waals surface area contributed by atoms with E-state index in [1.54, 1.807) is 0 Å². The van der Waals surface area contributed by atoms with Crippen molar-refractivity contribution in [3.05, 3.63) is 0 Å². The Labute approximate surface area is 79.5 Å². The van der Waals surface area contributed by atoms with Crippen molar-refractivity contribution in [1.29, 1.82) is 0 Å². The first-order valence-electron chi connectivity index (χ1n) is 4.44. The van der Waals surface area contributed by atoms with Crippen molar-refractivity contribution < 1.29 is 9.90 Å². The van der Waals surface area contributed by atoms with E-state index >= 15 is 0 Å². The molecule has 13 heavy (non-hydrogen) atoms. The van der Waals surface area contributed by atoms with Gasteiger partial charge in [-0.3, -0.25) is 4.79 Å². The third kappa shape index (κ3) is 4.24. The molecule has 0 aliphatic heterocycles. The highest BCUT2D eigenvalue weighted by atomic mass is 16.4. The smallest absolute Gasteiger partial charge is 0.320 e. The lowest BCUT2D eigenvalue weighted by Crippen LogP contribution is -2.45. The summed E-state index contributed by atoms with van der Waals surface area (Å²) in [5, 5.41) is 11.7. The van der Waals surface area contributed by atoms with Crippen LogP contribution in [0.5, 0.6) is 0 Å². The summed E-state index contributed by atoms with van der Waals surface area (Å²) in [6.45, 7) is 6.17. The predicted molar refractivity (Wildman–Crippen MR) is 52.5 cm³/mol. The van der Waals surface area contributed by atoms with Gasteiger partial charge in [0.05, 0.1) is 0 Å². The van der Waals surface area contributed by atoms with E-state index in [2.05, 4.69) is 26.1 Å². The van der Waals surface area contributed by atoms with Crippen LogP contribution in [0.25, 0.3) is 0 Å². The Morgan fingerprint density at radius 2 is 2.00 bits per heavy atom. The van der Waals surface area contributed by atoms with Crippen LogP contribution in [0.4, 0.5) is 0 Å². The summed E-state index contributed by atoms with van der Waals surface area (Å²) in [7, 11) is 1.82.